The van der Waals surface area contributed by atoms with Crippen molar-refractivity contribution in [2.75, 3.05) is 5.32 Å². The maximum Gasteiger partial charge on any atom is 0.163 e. The minimum Gasteiger partial charge on any atom is -0.467 e. The highest BCUT2D eigenvalue weighted by Crippen LogP contribution is 2.24. The molecule has 0 saturated heterocycles. The molecular formula is C20H16N4O. The van der Waals surface area contributed by atoms with Crippen LogP contribution in [0.3, 0.4) is 0 Å². The van der Waals surface area contributed by atoms with Crippen molar-refractivity contribution < 1.29 is 4.42 Å². The number of furan rings is 1. The van der Waals surface area contributed by atoms with E-state index in [1.54, 1.807) is 18.7 Å². The Morgan fingerprint density at radius 2 is 1.76 bits per heavy atom. The van der Waals surface area contributed by atoms with E-state index < -0.39 is 0 Å². The van der Waals surface area contributed by atoms with Crippen LogP contribution in [0.1, 0.15) is 5.76 Å². The monoisotopic (exact) mass is 328 g/mol. The molecule has 0 radical (unpaired) electrons. The predicted octanol–water partition coefficient (Wildman–Crippen LogP) is 4.41. The van der Waals surface area contributed by atoms with Crippen LogP contribution in [-0.4, -0.2) is 15.0 Å². The van der Waals surface area contributed by atoms with Gasteiger partial charge in [-0.15, -0.1) is 0 Å². The fraction of sp³-hybridized carbons (Fsp3) is 0.0500. The number of aromatic nitrogens is 3. The first-order valence-corrected chi connectivity index (χ1v) is 8.00. The number of anilines is 1. The molecule has 0 amide bonds. The normalized spacial score (nSPS) is 10.6. The largest absolute Gasteiger partial charge is 0.467 e. The van der Waals surface area contributed by atoms with Gasteiger partial charge in [-0.3, -0.25) is 4.98 Å². The summed E-state index contributed by atoms with van der Waals surface area (Å²) in [5.74, 6) is 2.23. The zero-order chi connectivity index (χ0) is 16.9. The molecule has 5 heteroatoms. The lowest BCUT2D eigenvalue weighted by Gasteiger charge is -2.09. The highest BCUT2D eigenvalue weighted by molar-refractivity contribution is 5.67. The molecule has 0 aliphatic carbocycles. The average molecular weight is 328 g/mol. The molecule has 0 aliphatic rings. The summed E-state index contributed by atoms with van der Waals surface area (Å²) >= 11 is 0. The Balaban J connectivity index is 1.72. The van der Waals surface area contributed by atoms with E-state index in [1.165, 1.54) is 0 Å². The van der Waals surface area contributed by atoms with Gasteiger partial charge in [0.2, 0.25) is 0 Å². The van der Waals surface area contributed by atoms with Crippen molar-refractivity contribution in [3.63, 3.8) is 0 Å². The van der Waals surface area contributed by atoms with Crippen LogP contribution >= 0.6 is 0 Å². The summed E-state index contributed by atoms with van der Waals surface area (Å²) in [6, 6.07) is 19.6. The van der Waals surface area contributed by atoms with Crippen molar-refractivity contribution in [2.24, 2.45) is 0 Å². The van der Waals surface area contributed by atoms with Gasteiger partial charge >= 0.3 is 0 Å². The molecule has 0 bridgehead atoms. The van der Waals surface area contributed by atoms with Crippen LogP contribution in [-0.2, 0) is 6.54 Å². The zero-order valence-electron chi connectivity index (χ0n) is 13.5. The quantitative estimate of drug-likeness (QED) is 0.588. The van der Waals surface area contributed by atoms with E-state index >= 15 is 0 Å². The molecule has 3 heterocycles. The Hall–Kier alpha value is -3.47. The van der Waals surface area contributed by atoms with E-state index in [9.17, 15) is 0 Å². The average Bonchev–Trinajstić information content (AvgIpc) is 3.21. The standard InChI is InChI=1S/C20H16N4O/c1-2-6-15(7-3-1)18-12-19(22-14-17-9-5-11-25-17)24-20(23-18)16-8-4-10-21-13-16/h1-13H,14H2,(H,22,23,24). The second kappa shape index (κ2) is 6.97. The fourth-order valence-electron chi connectivity index (χ4n) is 2.51. The molecule has 122 valence electrons. The van der Waals surface area contributed by atoms with Crippen molar-refractivity contribution in [3.8, 4) is 22.6 Å². The van der Waals surface area contributed by atoms with Crippen molar-refractivity contribution >= 4 is 5.82 Å². The maximum atomic E-state index is 5.37. The van der Waals surface area contributed by atoms with Crippen LogP contribution in [0, 0.1) is 0 Å². The van der Waals surface area contributed by atoms with Gasteiger partial charge in [-0.2, -0.15) is 0 Å². The van der Waals surface area contributed by atoms with Crippen molar-refractivity contribution in [1.29, 1.82) is 0 Å². The Morgan fingerprint density at radius 1 is 0.880 bits per heavy atom. The third-order valence-corrected chi connectivity index (χ3v) is 3.74. The molecule has 5 nitrogen and oxygen atoms in total. The minimum atomic E-state index is 0.560. The summed E-state index contributed by atoms with van der Waals surface area (Å²) in [6.07, 6.45) is 5.16. The maximum absolute atomic E-state index is 5.37. The number of pyridine rings is 1. The minimum absolute atomic E-state index is 0.560. The lowest BCUT2D eigenvalue weighted by atomic mass is 10.1. The zero-order valence-corrected chi connectivity index (χ0v) is 13.5. The Bertz CT molecular complexity index is 880. The number of nitrogens with one attached hydrogen (secondary N) is 1. The number of rotatable bonds is 5. The van der Waals surface area contributed by atoms with E-state index in [4.69, 9.17) is 9.40 Å². The molecule has 0 spiro atoms. The highest BCUT2D eigenvalue weighted by atomic mass is 16.3. The SMILES string of the molecule is c1ccc(-c2cc(NCc3ccco3)nc(-c3cccnc3)n2)cc1. The van der Waals surface area contributed by atoms with Gasteiger partial charge in [0.15, 0.2) is 5.82 Å². The smallest absolute Gasteiger partial charge is 0.163 e. The van der Waals surface area contributed by atoms with E-state index in [0.717, 1.165) is 28.4 Å². The number of hydrogen-bond donors (Lipinski definition) is 1. The van der Waals surface area contributed by atoms with Crippen LogP contribution in [0.4, 0.5) is 5.82 Å². The van der Waals surface area contributed by atoms with E-state index in [2.05, 4.69) is 15.3 Å². The van der Waals surface area contributed by atoms with Gasteiger partial charge in [0.25, 0.3) is 0 Å². The number of benzene rings is 1. The molecule has 1 N–H and O–H groups in total. The second-order valence-electron chi connectivity index (χ2n) is 5.50. The lowest BCUT2D eigenvalue weighted by molar-refractivity contribution is 0.518. The Kier molecular flexibility index (Phi) is 4.20. The van der Waals surface area contributed by atoms with Gasteiger partial charge < -0.3 is 9.73 Å². The van der Waals surface area contributed by atoms with Gasteiger partial charge in [-0.1, -0.05) is 30.3 Å². The Labute approximate surface area is 145 Å². The third-order valence-electron chi connectivity index (χ3n) is 3.74. The van der Waals surface area contributed by atoms with Crippen LogP contribution in [0.2, 0.25) is 0 Å². The first kappa shape index (κ1) is 15.1. The van der Waals surface area contributed by atoms with Gasteiger partial charge in [0.05, 0.1) is 18.5 Å². The van der Waals surface area contributed by atoms with E-state index in [1.807, 2.05) is 60.7 Å². The summed E-state index contributed by atoms with van der Waals surface area (Å²) in [6.45, 7) is 0.560. The van der Waals surface area contributed by atoms with Crippen LogP contribution < -0.4 is 5.32 Å². The molecular weight excluding hydrogens is 312 g/mol. The summed E-state index contributed by atoms with van der Waals surface area (Å²) < 4.78 is 5.37. The summed E-state index contributed by atoms with van der Waals surface area (Å²) in [7, 11) is 0. The van der Waals surface area contributed by atoms with Crippen molar-refractivity contribution in [3.05, 3.63) is 85.1 Å². The van der Waals surface area contributed by atoms with Gasteiger partial charge in [0, 0.05) is 29.6 Å². The van der Waals surface area contributed by atoms with E-state index in [-0.39, 0.29) is 0 Å². The molecule has 0 saturated carbocycles. The summed E-state index contributed by atoms with van der Waals surface area (Å²) in [5.41, 5.74) is 2.77. The second-order valence-corrected chi connectivity index (χ2v) is 5.50. The number of nitrogens with zero attached hydrogens (tertiary/aromatic N) is 3. The molecule has 0 fully saturated rings. The van der Waals surface area contributed by atoms with Crippen molar-refractivity contribution in [1.82, 2.24) is 15.0 Å². The molecule has 0 unspecified atom stereocenters. The van der Waals surface area contributed by atoms with Crippen LogP contribution in [0.5, 0.6) is 0 Å². The summed E-state index contributed by atoms with van der Waals surface area (Å²) in [4.78, 5) is 13.5. The molecule has 4 rings (SSSR count). The van der Waals surface area contributed by atoms with Gasteiger partial charge in [-0.25, -0.2) is 9.97 Å². The molecule has 1 aromatic carbocycles. The van der Waals surface area contributed by atoms with Gasteiger partial charge in [-0.05, 0) is 24.3 Å². The van der Waals surface area contributed by atoms with Gasteiger partial charge in [0.1, 0.15) is 11.6 Å². The highest BCUT2D eigenvalue weighted by Gasteiger charge is 2.09. The molecule has 3 aromatic heterocycles. The van der Waals surface area contributed by atoms with Crippen LogP contribution in [0.25, 0.3) is 22.6 Å². The summed E-state index contributed by atoms with van der Waals surface area (Å²) in [5, 5.41) is 3.30. The molecule has 4 aromatic rings. The number of hydrogen-bond acceptors (Lipinski definition) is 5. The van der Waals surface area contributed by atoms with Crippen molar-refractivity contribution in [2.45, 2.75) is 6.54 Å². The fourth-order valence-corrected chi connectivity index (χ4v) is 2.51. The first-order chi connectivity index (χ1) is 12.4. The molecule has 0 atom stereocenters. The molecule has 25 heavy (non-hydrogen) atoms. The predicted molar refractivity (Wildman–Crippen MR) is 96.7 cm³/mol. The van der Waals surface area contributed by atoms with Crippen LogP contribution in [0.15, 0.2) is 83.7 Å². The Morgan fingerprint density at radius 3 is 2.52 bits per heavy atom. The molecule has 0 aliphatic heterocycles. The van der Waals surface area contributed by atoms with E-state index in [0.29, 0.717) is 12.4 Å². The first-order valence-electron chi connectivity index (χ1n) is 8.00. The topological polar surface area (TPSA) is 63.8 Å². The lowest BCUT2D eigenvalue weighted by Crippen LogP contribution is -2.03. The third kappa shape index (κ3) is 3.55.